The standard InChI is InChI=1S/C14H21NO3/c1-14(2)7-10(15)13(16)8-5-11(17-3)12(18-4)6-9(8)14/h5-6,10,13,16H,7,15H2,1-4H3. The SMILES string of the molecule is COc1cc2c(cc1OC)C(C)(C)CC(N)C2O. The van der Waals surface area contributed by atoms with Crippen LogP contribution in [0.4, 0.5) is 0 Å². The first-order valence-corrected chi connectivity index (χ1v) is 6.10. The molecule has 1 aliphatic rings. The van der Waals surface area contributed by atoms with E-state index in [1.54, 1.807) is 14.2 Å². The monoisotopic (exact) mass is 251 g/mol. The van der Waals surface area contributed by atoms with Gasteiger partial charge in [0.15, 0.2) is 11.5 Å². The molecule has 1 aromatic rings. The van der Waals surface area contributed by atoms with Gasteiger partial charge in [0.25, 0.3) is 0 Å². The Labute approximate surface area is 108 Å². The van der Waals surface area contributed by atoms with E-state index < -0.39 is 6.10 Å². The number of hydrogen-bond acceptors (Lipinski definition) is 4. The van der Waals surface area contributed by atoms with Crippen molar-refractivity contribution in [1.82, 2.24) is 0 Å². The van der Waals surface area contributed by atoms with Crippen LogP contribution in [0, 0.1) is 0 Å². The van der Waals surface area contributed by atoms with Gasteiger partial charge in [0.05, 0.1) is 20.3 Å². The third-order valence-electron chi connectivity index (χ3n) is 3.76. The van der Waals surface area contributed by atoms with E-state index in [0.29, 0.717) is 11.5 Å². The van der Waals surface area contributed by atoms with E-state index in [1.165, 1.54) is 0 Å². The summed E-state index contributed by atoms with van der Waals surface area (Å²) in [5.41, 5.74) is 7.85. The number of aliphatic hydroxyl groups is 1. The Kier molecular flexibility index (Phi) is 3.25. The summed E-state index contributed by atoms with van der Waals surface area (Å²) in [5, 5.41) is 10.2. The highest BCUT2D eigenvalue weighted by Crippen LogP contribution is 2.45. The second-order valence-electron chi connectivity index (χ2n) is 5.49. The maximum atomic E-state index is 10.2. The Morgan fingerprint density at radius 2 is 1.78 bits per heavy atom. The molecule has 0 aliphatic heterocycles. The zero-order valence-electron chi connectivity index (χ0n) is 11.4. The Hall–Kier alpha value is -1.26. The molecular formula is C14H21NO3. The second-order valence-corrected chi connectivity index (χ2v) is 5.49. The van der Waals surface area contributed by atoms with Crippen LogP contribution in [0.3, 0.4) is 0 Å². The topological polar surface area (TPSA) is 64.7 Å². The van der Waals surface area contributed by atoms with E-state index in [-0.39, 0.29) is 11.5 Å². The Balaban J connectivity index is 2.63. The molecule has 2 rings (SSSR count). The summed E-state index contributed by atoms with van der Waals surface area (Å²) in [6.07, 6.45) is 0.101. The molecule has 0 radical (unpaired) electrons. The molecule has 4 nitrogen and oxygen atoms in total. The first kappa shape index (κ1) is 13.2. The minimum absolute atomic E-state index is 0.0759. The van der Waals surface area contributed by atoms with Crippen LogP contribution in [0.1, 0.15) is 37.5 Å². The number of nitrogens with two attached hydrogens (primary N) is 1. The van der Waals surface area contributed by atoms with Crippen molar-refractivity contribution in [3.63, 3.8) is 0 Å². The summed E-state index contributed by atoms with van der Waals surface area (Å²) < 4.78 is 10.6. The molecule has 0 fully saturated rings. The third-order valence-corrected chi connectivity index (χ3v) is 3.76. The summed E-state index contributed by atoms with van der Waals surface area (Å²) in [6, 6.07) is 3.54. The fourth-order valence-corrected chi connectivity index (χ4v) is 2.77. The molecule has 0 heterocycles. The van der Waals surface area contributed by atoms with E-state index in [2.05, 4.69) is 13.8 Å². The molecule has 2 unspecified atom stereocenters. The van der Waals surface area contributed by atoms with E-state index in [4.69, 9.17) is 15.2 Å². The largest absolute Gasteiger partial charge is 0.493 e. The molecular weight excluding hydrogens is 230 g/mol. The molecule has 0 amide bonds. The highest BCUT2D eigenvalue weighted by molar-refractivity contribution is 5.52. The smallest absolute Gasteiger partial charge is 0.161 e. The molecule has 0 saturated carbocycles. The Morgan fingerprint density at radius 1 is 1.22 bits per heavy atom. The van der Waals surface area contributed by atoms with Crippen LogP contribution in [-0.2, 0) is 5.41 Å². The molecule has 100 valence electrons. The quantitative estimate of drug-likeness (QED) is 0.840. The van der Waals surface area contributed by atoms with Crippen LogP contribution in [-0.4, -0.2) is 25.4 Å². The lowest BCUT2D eigenvalue weighted by Crippen LogP contribution is -2.41. The van der Waals surface area contributed by atoms with Crippen LogP contribution in [0.25, 0.3) is 0 Å². The van der Waals surface area contributed by atoms with Gasteiger partial charge in [-0.05, 0) is 35.1 Å². The van der Waals surface area contributed by atoms with Crippen molar-refractivity contribution in [3.05, 3.63) is 23.3 Å². The molecule has 0 bridgehead atoms. The van der Waals surface area contributed by atoms with Crippen LogP contribution < -0.4 is 15.2 Å². The molecule has 4 heteroatoms. The van der Waals surface area contributed by atoms with Gasteiger partial charge in [0.1, 0.15) is 0 Å². The van der Waals surface area contributed by atoms with Gasteiger partial charge >= 0.3 is 0 Å². The van der Waals surface area contributed by atoms with E-state index in [1.807, 2.05) is 12.1 Å². The zero-order chi connectivity index (χ0) is 13.5. The number of hydrogen-bond donors (Lipinski definition) is 2. The van der Waals surface area contributed by atoms with Crippen LogP contribution in [0.2, 0.25) is 0 Å². The fourth-order valence-electron chi connectivity index (χ4n) is 2.77. The molecule has 0 aromatic heterocycles. The second kappa shape index (κ2) is 4.44. The summed E-state index contributed by atoms with van der Waals surface area (Å²) in [5.74, 6) is 1.31. The van der Waals surface area contributed by atoms with Crippen LogP contribution >= 0.6 is 0 Å². The molecule has 18 heavy (non-hydrogen) atoms. The summed E-state index contributed by atoms with van der Waals surface area (Å²) in [7, 11) is 3.20. The maximum absolute atomic E-state index is 10.2. The molecule has 1 aromatic carbocycles. The van der Waals surface area contributed by atoms with Gasteiger partial charge in [-0.1, -0.05) is 13.8 Å². The lowest BCUT2D eigenvalue weighted by Gasteiger charge is -2.39. The average molecular weight is 251 g/mol. The number of methoxy groups -OCH3 is 2. The van der Waals surface area contributed by atoms with Crippen molar-refractivity contribution in [3.8, 4) is 11.5 Å². The van der Waals surface area contributed by atoms with Crippen molar-refractivity contribution in [2.75, 3.05) is 14.2 Å². The van der Waals surface area contributed by atoms with Crippen molar-refractivity contribution in [2.24, 2.45) is 5.73 Å². The number of aliphatic hydroxyl groups excluding tert-OH is 1. The predicted molar refractivity (Wildman–Crippen MR) is 70.1 cm³/mol. The third kappa shape index (κ3) is 1.95. The minimum Gasteiger partial charge on any atom is -0.493 e. The molecule has 3 N–H and O–H groups in total. The maximum Gasteiger partial charge on any atom is 0.161 e. The number of fused-ring (bicyclic) bond motifs is 1. The highest BCUT2D eigenvalue weighted by Gasteiger charge is 2.37. The average Bonchev–Trinajstić information content (AvgIpc) is 2.34. The number of rotatable bonds is 2. The number of benzene rings is 1. The van der Waals surface area contributed by atoms with Gasteiger partial charge in [-0.15, -0.1) is 0 Å². The minimum atomic E-state index is -0.646. The Bertz CT molecular complexity index is 457. The van der Waals surface area contributed by atoms with Crippen molar-refractivity contribution < 1.29 is 14.6 Å². The van der Waals surface area contributed by atoms with Gasteiger partial charge in [-0.2, -0.15) is 0 Å². The first-order chi connectivity index (χ1) is 8.40. The van der Waals surface area contributed by atoms with Crippen LogP contribution in [0.5, 0.6) is 11.5 Å². The normalized spacial score (nSPS) is 25.4. The first-order valence-electron chi connectivity index (χ1n) is 6.10. The predicted octanol–water partition coefficient (Wildman–Crippen LogP) is 1.75. The molecule has 0 saturated heterocycles. The number of ether oxygens (including phenoxy) is 2. The fraction of sp³-hybridized carbons (Fsp3) is 0.571. The van der Waals surface area contributed by atoms with Gasteiger partial charge in [0.2, 0.25) is 0 Å². The molecule has 2 atom stereocenters. The lowest BCUT2D eigenvalue weighted by atomic mass is 9.69. The van der Waals surface area contributed by atoms with Gasteiger partial charge in [-0.3, -0.25) is 0 Å². The summed E-state index contributed by atoms with van der Waals surface area (Å²) in [4.78, 5) is 0. The highest BCUT2D eigenvalue weighted by atomic mass is 16.5. The van der Waals surface area contributed by atoms with Crippen LogP contribution in [0.15, 0.2) is 12.1 Å². The molecule has 0 spiro atoms. The van der Waals surface area contributed by atoms with Gasteiger partial charge < -0.3 is 20.3 Å². The van der Waals surface area contributed by atoms with Gasteiger partial charge in [0, 0.05) is 6.04 Å². The lowest BCUT2D eigenvalue weighted by molar-refractivity contribution is 0.115. The zero-order valence-corrected chi connectivity index (χ0v) is 11.4. The Morgan fingerprint density at radius 3 is 2.33 bits per heavy atom. The molecule has 1 aliphatic carbocycles. The van der Waals surface area contributed by atoms with E-state index in [9.17, 15) is 5.11 Å². The van der Waals surface area contributed by atoms with Crippen molar-refractivity contribution in [1.29, 1.82) is 0 Å². The van der Waals surface area contributed by atoms with Gasteiger partial charge in [-0.25, -0.2) is 0 Å². The van der Waals surface area contributed by atoms with E-state index >= 15 is 0 Å². The van der Waals surface area contributed by atoms with E-state index in [0.717, 1.165) is 17.5 Å². The van der Waals surface area contributed by atoms with Crippen molar-refractivity contribution >= 4 is 0 Å². The summed E-state index contributed by atoms with van der Waals surface area (Å²) in [6.45, 7) is 4.26. The summed E-state index contributed by atoms with van der Waals surface area (Å²) >= 11 is 0. The van der Waals surface area contributed by atoms with Crippen molar-refractivity contribution in [2.45, 2.75) is 37.8 Å².